The summed E-state index contributed by atoms with van der Waals surface area (Å²) in [5, 5.41) is 0.952. The number of amides is 1. The lowest BCUT2D eigenvalue weighted by molar-refractivity contribution is -0.125. The Morgan fingerprint density at radius 1 is 1.38 bits per heavy atom. The lowest BCUT2D eigenvalue weighted by Gasteiger charge is -2.20. The van der Waals surface area contributed by atoms with Crippen LogP contribution in [0, 0.1) is 11.8 Å². The third kappa shape index (κ3) is 2.26. The van der Waals surface area contributed by atoms with E-state index in [0.29, 0.717) is 17.7 Å². The summed E-state index contributed by atoms with van der Waals surface area (Å²) in [6.07, 6.45) is 1.20. The molecule has 1 aliphatic heterocycles. The Kier molecular flexibility index (Phi) is 3.29. The van der Waals surface area contributed by atoms with Crippen molar-refractivity contribution in [2.45, 2.75) is 46.2 Å². The van der Waals surface area contributed by atoms with Gasteiger partial charge < -0.3 is 0 Å². The molecule has 0 N–H and O–H groups in total. The van der Waals surface area contributed by atoms with E-state index in [2.05, 4.69) is 13.8 Å². The third-order valence-corrected chi connectivity index (χ3v) is 4.20. The molecule has 0 bridgehead atoms. The molecule has 2 fully saturated rings. The van der Waals surface area contributed by atoms with E-state index in [-0.39, 0.29) is 11.9 Å². The van der Waals surface area contributed by atoms with Crippen LogP contribution in [0.4, 0.5) is 0 Å². The predicted molar refractivity (Wildman–Crippen MR) is 68.6 cm³/mol. The second kappa shape index (κ2) is 4.40. The zero-order chi connectivity index (χ0) is 11.9. The predicted octanol–water partition coefficient (Wildman–Crippen LogP) is 2.37. The highest BCUT2D eigenvalue weighted by atomic mass is 32.2. The molecular weight excluding hydrogens is 220 g/mol. The number of amidine groups is 1. The summed E-state index contributed by atoms with van der Waals surface area (Å²) < 4.78 is 0. The number of nitrogens with zero attached hydrogens (tertiary/aromatic N) is 2. The number of aliphatic imine (C=N–C) groups is 1. The van der Waals surface area contributed by atoms with Crippen LogP contribution in [0.1, 0.15) is 34.1 Å². The first-order chi connectivity index (χ1) is 7.50. The molecule has 2 rings (SSSR count). The molecular formula is C12H20N2OS. The number of hydrogen-bond acceptors (Lipinski definition) is 3. The van der Waals surface area contributed by atoms with E-state index >= 15 is 0 Å². The monoisotopic (exact) mass is 240 g/mol. The Morgan fingerprint density at radius 3 is 2.56 bits per heavy atom. The molecule has 2 unspecified atom stereocenters. The van der Waals surface area contributed by atoms with Crippen LogP contribution in [0.5, 0.6) is 0 Å². The van der Waals surface area contributed by atoms with E-state index in [1.807, 2.05) is 18.7 Å². The van der Waals surface area contributed by atoms with Crippen LogP contribution in [0.3, 0.4) is 0 Å². The molecule has 0 radical (unpaired) electrons. The summed E-state index contributed by atoms with van der Waals surface area (Å²) in [7, 11) is 0. The Hall–Kier alpha value is -0.510. The molecule has 2 aliphatic rings. The van der Waals surface area contributed by atoms with Gasteiger partial charge in [-0.15, -0.1) is 0 Å². The Morgan fingerprint density at radius 2 is 2.06 bits per heavy atom. The normalized spacial score (nSPS) is 32.2. The maximum atomic E-state index is 11.7. The number of thioether (sulfide) groups is 1. The molecule has 0 spiro atoms. The minimum atomic E-state index is 0.209. The highest BCUT2D eigenvalue weighted by Gasteiger charge is 2.41. The van der Waals surface area contributed by atoms with Crippen LogP contribution in [-0.4, -0.2) is 33.8 Å². The molecule has 0 aromatic heterocycles. The van der Waals surface area contributed by atoms with Crippen molar-refractivity contribution in [3.63, 3.8) is 0 Å². The maximum absolute atomic E-state index is 11.7. The lowest BCUT2D eigenvalue weighted by atomic mass is 10.1. The van der Waals surface area contributed by atoms with E-state index in [1.54, 1.807) is 11.8 Å². The van der Waals surface area contributed by atoms with Crippen LogP contribution in [0.15, 0.2) is 4.99 Å². The molecule has 4 heteroatoms. The van der Waals surface area contributed by atoms with Crippen molar-refractivity contribution < 1.29 is 4.79 Å². The van der Waals surface area contributed by atoms with Crippen LogP contribution in [0.25, 0.3) is 0 Å². The molecule has 16 heavy (non-hydrogen) atoms. The molecule has 0 aromatic rings. The van der Waals surface area contributed by atoms with E-state index in [0.717, 1.165) is 11.1 Å². The third-order valence-electron chi connectivity index (χ3n) is 3.25. The average Bonchev–Trinajstić information content (AvgIpc) is 2.84. The standard InChI is InChI=1S/C12H20N2OS/c1-7(2)9-5-10(9)13-12-14(8(3)4)11(15)6-16-12/h7-10H,5-6H2,1-4H3. The van der Waals surface area contributed by atoms with Crippen molar-refractivity contribution in [3.05, 3.63) is 0 Å². The highest BCUT2D eigenvalue weighted by molar-refractivity contribution is 8.15. The highest BCUT2D eigenvalue weighted by Crippen LogP contribution is 2.41. The number of carbonyl (C=O) groups is 1. The van der Waals surface area contributed by atoms with Crippen molar-refractivity contribution in [2.75, 3.05) is 5.75 Å². The molecule has 1 amide bonds. The molecule has 90 valence electrons. The Labute approximate surface area is 102 Å². The van der Waals surface area contributed by atoms with Crippen molar-refractivity contribution in [3.8, 4) is 0 Å². The quantitative estimate of drug-likeness (QED) is 0.758. The molecule has 1 saturated carbocycles. The fourth-order valence-corrected chi connectivity index (χ4v) is 3.24. The Balaban J connectivity index is 2.04. The number of hydrogen-bond donors (Lipinski definition) is 0. The van der Waals surface area contributed by atoms with Gasteiger partial charge in [0.2, 0.25) is 5.91 Å². The minimum Gasteiger partial charge on any atom is -0.288 e. The van der Waals surface area contributed by atoms with Crippen LogP contribution in [0.2, 0.25) is 0 Å². The number of carbonyl (C=O) groups excluding carboxylic acids is 1. The Bertz CT molecular complexity index is 325. The number of rotatable bonds is 3. The topological polar surface area (TPSA) is 32.7 Å². The molecule has 2 atom stereocenters. The zero-order valence-corrected chi connectivity index (χ0v) is 11.3. The fourth-order valence-electron chi connectivity index (χ4n) is 2.19. The first kappa shape index (κ1) is 12.0. The fraction of sp³-hybridized carbons (Fsp3) is 0.833. The van der Waals surface area contributed by atoms with E-state index in [4.69, 9.17) is 4.99 Å². The summed E-state index contributed by atoms with van der Waals surface area (Å²) in [5.74, 6) is 2.22. The SMILES string of the molecule is CC(C)C1CC1N=C1SCC(=O)N1C(C)C. The van der Waals surface area contributed by atoms with Gasteiger partial charge in [-0.05, 0) is 32.1 Å². The van der Waals surface area contributed by atoms with Crippen LogP contribution in [-0.2, 0) is 4.79 Å². The van der Waals surface area contributed by atoms with Gasteiger partial charge >= 0.3 is 0 Å². The van der Waals surface area contributed by atoms with Crippen LogP contribution >= 0.6 is 11.8 Å². The van der Waals surface area contributed by atoms with Crippen molar-refractivity contribution in [1.82, 2.24) is 4.90 Å². The summed E-state index contributed by atoms with van der Waals surface area (Å²) in [6.45, 7) is 8.59. The van der Waals surface area contributed by atoms with Gasteiger partial charge in [0.1, 0.15) is 0 Å². The van der Waals surface area contributed by atoms with E-state index < -0.39 is 0 Å². The van der Waals surface area contributed by atoms with Gasteiger partial charge in [-0.3, -0.25) is 14.7 Å². The van der Waals surface area contributed by atoms with E-state index in [9.17, 15) is 4.79 Å². The van der Waals surface area contributed by atoms with Gasteiger partial charge in [0.25, 0.3) is 0 Å². The smallest absolute Gasteiger partial charge is 0.239 e. The van der Waals surface area contributed by atoms with Gasteiger partial charge in [-0.1, -0.05) is 25.6 Å². The second-order valence-electron chi connectivity index (χ2n) is 5.27. The van der Waals surface area contributed by atoms with Gasteiger partial charge in [0.15, 0.2) is 5.17 Å². The average molecular weight is 240 g/mol. The van der Waals surface area contributed by atoms with Gasteiger partial charge in [-0.25, -0.2) is 0 Å². The molecule has 3 nitrogen and oxygen atoms in total. The zero-order valence-electron chi connectivity index (χ0n) is 10.4. The molecule has 1 saturated heterocycles. The summed E-state index contributed by atoms with van der Waals surface area (Å²) in [6, 6.07) is 0.701. The second-order valence-corrected chi connectivity index (χ2v) is 6.21. The molecule has 0 aromatic carbocycles. The van der Waals surface area contributed by atoms with Gasteiger partial charge in [0.05, 0.1) is 11.8 Å². The van der Waals surface area contributed by atoms with Crippen molar-refractivity contribution in [2.24, 2.45) is 16.8 Å². The van der Waals surface area contributed by atoms with Gasteiger partial charge in [-0.2, -0.15) is 0 Å². The molecule has 1 aliphatic carbocycles. The first-order valence-electron chi connectivity index (χ1n) is 6.03. The lowest BCUT2D eigenvalue weighted by Crippen LogP contribution is -2.36. The molecule has 1 heterocycles. The van der Waals surface area contributed by atoms with Crippen molar-refractivity contribution in [1.29, 1.82) is 0 Å². The largest absolute Gasteiger partial charge is 0.288 e. The van der Waals surface area contributed by atoms with Gasteiger partial charge in [0, 0.05) is 6.04 Å². The summed E-state index contributed by atoms with van der Waals surface area (Å²) >= 11 is 1.60. The summed E-state index contributed by atoms with van der Waals surface area (Å²) in [5.41, 5.74) is 0. The minimum absolute atomic E-state index is 0.209. The van der Waals surface area contributed by atoms with Crippen molar-refractivity contribution >= 4 is 22.8 Å². The maximum Gasteiger partial charge on any atom is 0.239 e. The van der Waals surface area contributed by atoms with E-state index in [1.165, 1.54) is 6.42 Å². The first-order valence-corrected chi connectivity index (χ1v) is 7.02. The van der Waals surface area contributed by atoms with Crippen LogP contribution < -0.4 is 0 Å². The summed E-state index contributed by atoms with van der Waals surface area (Å²) in [4.78, 5) is 18.2.